The van der Waals surface area contributed by atoms with Crippen LogP contribution in [-0.2, 0) is 11.3 Å². The van der Waals surface area contributed by atoms with Gasteiger partial charge in [0.1, 0.15) is 0 Å². The molecule has 1 aromatic rings. The molecule has 0 aliphatic rings. The molecular weight excluding hydrogens is 212 g/mol. The second kappa shape index (κ2) is 8.04. The van der Waals surface area contributed by atoms with Crippen molar-refractivity contribution < 1.29 is 9.84 Å². The van der Waals surface area contributed by atoms with E-state index in [1.54, 1.807) is 6.08 Å². The van der Waals surface area contributed by atoms with Crippen molar-refractivity contribution in [2.45, 2.75) is 32.5 Å². The summed E-state index contributed by atoms with van der Waals surface area (Å²) in [7, 11) is 0. The minimum atomic E-state index is -0.298. The molecule has 17 heavy (non-hydrogen) atoms. The molecule has 1 N–H and O–H groups in total. The second-order valence-corrected chi connectivity index (χ2v) is 4.40. The fraction of sp³-hybridized carbons (Fsp3) is 0.467. The monoisotopic (exact) mass is 234 g/mol. The lowest BCUT2D eigenvalue weighted by molar-refractivity contribution is 0.0677. The first-order valence-electron chi connectivity index (χ1n) is 6.14. The summed E-state index contributed by atoms with van der Waals surface area (Å²) < 4.78 is 5.58. The molecule has 0 aliphatic carbocycles. The van der Waals surface area contributed by atoms with E-state index in [1.165, 1.54) is 5.56 Å². The molecule has 2 nitrogen and oxygen atoms in total. The molecule has 0 bridgehead atoms. The van der Waals surface area contributed by atoms with Crippen molar-refractivity contribution in [3.63, 3.8) is 0 Å². The lowest BCUT2D eigenvalue weighted by atomic mass is 9.99. The molecule has 0 amide bonds. The summed E-state index contributed by atoms with van der Waals surface area (Å²) in [6, 6.07) is 10.1. The Balaban J connectivity index is 2.13. The topological polar surface area (TPSA) is 29.5 Å². The van der Waals surface area contributed by atoms with Crippen LogP contribution in [0.1, 0.15) is 25.3 Å². The first-order chi connectivity index (χ1) is 8.24. The third kappa shape index (κ3) is 5.66. The minimum absolute atomic E-state index is 0.253. The molecule has 1 aromatic carbocycles. The Morgan fingerprint density at radius 2 is 2.06 bits per heavy atom. The average Bonchev–Trinajstić information content (AvgIpc) is 2.36. The van der Waals surface area contributed by atoms with E-state index in [-0.39, 0.29) is 12.0 Å². The average molecular weight is 234 g/mol. The zero-order valence-electron chi connectivity index (χ0n) is 10.5. The molecule has 1 rings (SSSR count). The van der Waals surface area contributed by atoms with Crippen molar-refractivity contribution in [1.29, 1.82) is 0 Å². The number of rotatable bonds is 8. The van der Waals surface area contributed by atoms with Crippen LogP contribution in [-0.4, -0.2) is 17.8 Å². The fourth-order valence-electron chi connectivity index (χ4n) is 1.63. The zero-order valence-corrected chi connectivity index (χ0v) is 10.5. The van der Waals surface area contributed by atoms with Gasteiger partial charge in [0.25, 0.3) is 0 Å². The van der Waals surface area contributed by atoms with E-state index in [0.29, 0.717) is 19.6 Å². The smallest absolute Gasteiger partial charge is 0.0716 e. The zero-order chi connectivity index (χ0) is 12.5. The lowest BCUT2D eigenvalue weighted by Gasteiger charge is -2.17. The summed E-state index contributed by atoms with van der Waals surface area (Å²) >= 11 is 0. The molecule has 2 heteroatoms. The molecule has 0 heterocycles. The van der Waals surface area contributed by atoms with E-state index in [4.69, 9.17) is 4.74 Å². The molecule has 0 saturated carbocycles. The quantitative estimate of drug-likeness (QED) is 0.553. The van der Waals surface area contributed by atoms with Gasteiger partial charge < -0.3 is 9.84 Å². The highest BCUT2D eigenvalue weighted by Gasteiger charge is 2.11. The van der Waals surface area contributed by atoms with Gasteiger partial charge in [0.05, 0.1) is 12.7 Å². The maximum atomic E-state index is 9.71. The first kappa shape index (κ1) is 13.9. The van der Waals surface area contributed by atoms with Gasteiger partial charge in [-0.2, -0.15) is 0 Å². The van der Waals surface area contributed by atoms with Crippen molar-refractivity contribution in [3.8, 4) is 0 Å². The first-order valence-corrected chi connectivity index (χ1v) is 6.14. The molecule has 0 radical (unpaired) electrons. The standard InChI is InChI=1S/C15H22O2/c1-3-7-15(16)13(2)10-11-17-12-14-8-5-4-6-9-14/h3-6,8-9,13,15-16H,1,7,10-12H2,2H3/t13-,15-/m0/s1. The fourth-order valence-corrected chi connectivity index (χ4v) is 1.63. The Hall–Kier alpha value is -1.12. The maximum absolute atomic E-state index is 9.71. The number of benzene rings is 1. The van der Waals surface area contributed by atoms with Crippen LogP contribution >= 0.6 is 0 Å². The van der Waals surface area contributed by atoms with Gasteiger partial charge in [-0.15, -0.1) is 6.58 Å². The summed E-state index contributed by atoms with van der Waals surface area (Å²) in [6.45, 7) is 7.00. The molecular formula is C15H22O2. The van der Waals surface area contributed by atoms with Crippen LogP contribution < -0.4 is 0 Å². The number of aliphatic hydroxyl groups is 1. The van der Waals surface area contributed by atoms with Gasteiger partial charge in [0.15, 0.2) is 0 Å². The molecule has 0 unspecified atom stereocenters. The lowest BCUT2D eigenvalue weighted by Crippen LogP contribution is -2.18. The molecule has 0 aromatic heterocycles. The van der Waals surface area contributed by atoms with Crippen molar-refractivity contribution in [1.82, 2.24) is 0 Å². The van der Waals surface area contributed by atoms with E-state index in [1.807, 2.05) is 25.1 Å². The van der Waals surface area contributed by atoms with Crippen LogP contribution in [0, 0.1) is 5.92 Å². The summed E-state index contributed by atoms with van der Waals surface area (Å²) in [5.74, 6) is 0.253. The van der Waals surface area contributed by atoms with E-state index in [2.05, 4.69) is 18.7 Å². The van der Waals surface area contributed by atoms with Gasteiger partial charge in [-0.1, -0.05) is 43.3 Å². The highest BCUT2D eigenvalue weighted by atomic mass is 16.5. The van der Waals surface area contributed by atoms with Gasteiger partial charge in [-0.3, -0.25) is 0 Å². The highest BCUT2D eigenvalue weighted by molar-refractivity contribution is 5.13. The SMILES string of the molecule is C=CC[C@H](O)[C@@H](C)CCOCc1ccccc1. The van der Waals surface area contributed by atoms with Crippen molar-refractivity contribution >= 4 is 0 Å². The molecule has 94 valence electrons. The molecule has 2 atom stereocenters. The third-order valence-corrected chi connectivity index (χ3v) is 2.89. The molecule has 0 spiro atoms. The Morgan fingerprint density at radius 3 is 2.71 bits per heavy atom. The Kier molecular flexibility index (Phi) is 6.60. The normalized spacial score (nSPS) is 14.2. The summed E-state index contributed by atoms with van der Waals surface area (Å²) in [6.07, 6.45) is 2.99. The van der Waals surface area contributed by atoms with Crippen LogP contribution in [0.5, 0.6) is 0 Å². The van der Waals surface area contributed by atoms with E-state index in [0.717, 1.165) is 6.42 Å². The van der Waals surface area contributed by atoms with Crippen LogP contribution in [0.2, 0.25) is 0 Å². The van der Waals surface area contributed by atoms with Crippen LogP contribution in [0.25, 0.3) is 0 Å². The number of hydrogen-bond acceptors (Lipinski definition) is 2. The van der Waals surface area contributed by atoms with Gasteiger partial charge in [-0.05, 0) is 24.3 Å². The van der Waals surface area contributed by atoms with E-state index >= 15 is 0 Å². The minimum Gasteiger partial charge on any atom is -0.393 e. The van der Waals surface area contributed by atoms with Crippen molar-refractivity contribution in [3.05, 3.63) is 48.6 Å². The second-order valence-electron chi connectivity index (χ2n) is 4.40. The molecule has 0 fully saturated rings. The summed E-state index contributed by atoms with van der Waals surface area (Å²) in [5, 5.41) is 9.71. The number of ether oxygens (including phenoxy) is 1. The van der Waals surface area contributed by atoms with Gasteiger partial charge in [0.2, 0.25) is 0 Å². The predicted molar refractivity (Wildman–Crippen MR) is 70.7 cm³/mol. The van der Waals surface area contributed by atoms with Crippen molar-refractivity contribution in [2.75, 3.05) is 6.61 Å². The Labute approximate surface area is 104 Å². The van der Waals surface area contributed by atoms with E-state index in [9.17, 15) is 5.11 Å². The van der Waals surface area contributed by atoms with Crippen LogP contribution in [0.3, 0.4) is 0 Å². The van der Waals surface area contributed by atoms with Crippen LogP contribution in [0.15, 0.2) is 43.0 Å². The van der Waals surface area contributed by atoms with Gasteiger partial charge >= 0.3 is 0 Å². The summed E-state index contributed by atoms with van der Waals surface area (Å²) in [5.41, 5.74) is 1.19. The van der Waals surface area contributed by atoms with E-state index < -0.39 is 0 Å². The number of aliphatic hydroxyl groups excluding tert-OH is 1. The van der Waals surface area contributed by atoms with Gasteiger partial charge in [0, 0.05) is 6.61 Å². The highest BCUT2D eigenvalue weighted by Crippen LogP contribution is 2.12. The maximum Gasteiger partial charge on any atom is 0.0716 e. The number of hydrogen-bond donors (Lipinski definition) is 1. The predicted octanol–water partition coefficient (Wildman–Crippen LogP) is 3.17. The largest absolute Gasteiger partial charge is 0.393 e. The third-order valence-electron chi connectivity index (χ3n) is 2.89. The molecule has 0 saturated heterocycles. The van der Waals surface area contributed by atoms with Gasteiger partial charge in [-0.25, -0.2) is 0 Å². The molecule has 0 aliphatic heterocycles. The Morgan fingerprint density at radius 1 is 1.35 bits per heavy atom. The Bertz CT molecular complexity index is 308. The van der Waals surface area contributed by atoms with Crippen molar-refractivity contribution in [2.24, 2.45) is 5.92 Å². The van der Waals surface area contributed by atoms with Crippen LogP contribution in [0.4, 0.5) is 0 Å². The summed E-state index contributed by atoms with van der Waals surface area (Å²) in [4.78, 5) is 0.